The van der Waals surface area contributed by atoms with E-state index in [-0.39, 0.29) is 17.5 Å². The number of carboxylic acids is 1. The van der Waals surface area contributed by atoms with Gasteiger partial charge in [0.2, 0.25) is 0 Å². The summed E-state index contributed by atoms with van der Waals surface area (Å²) in [4.78, 5) is 11.1. The second-order valence-electron chi connectivity index (χ2n) is 5.21. The van der Waals surface area contributed by atoms with E-state index in [0.717, 1.165) is 6.07 Å². The molecule has 0 aliphatic heterocycles. The summed E-state index contributed by atoms with van der Waals surface area (Å²) in [5.74, 6) is -0.858. The number of rotatable bonds is 6. The van der Waals surface area contributed by atoms with Crippen LogP contribution in [0, 0.1) is 5.92 Å². The van der Waals surface area contributed by atoms with E-state index < -0.39 is 23.8 Å². The van der Waals surface area contributed by atoms with Gasteiger partial charge in [-0.05, 0) is 30.0 Å². The Morgan fingerprint density at radius 1 is 1.38 bits per heavy atom. The highest BCUT2D eigenvalue weighted by Gasteiger charge is 2.33. The SMILES string of the molecule is CC(C)C[C@H](NCc1ccc(Cl)c(C(F)(F)F)c1)C(=O)O. The highest BCUT2D eigenvalue weighted by atomic mass is 35.5. The number of alkyl halides is 3. The maximum atomic E-state index is 12.7. The first-order valence-electron chi connectivity index (χ1n) is 6.43. The fourth-order valence-corrected chi connectivity index (χ4v) is 2.11. The van der Waals surface area contributed by atoms with Crippen molar-refractivity contribution in [3.63, 3.8) is 0 Å². The number of aliphatic carboxylic acids is 1. The molecule has 0 saturated heterocycles. The standard InChI is InChI=1S/C14H17ClF3NO2/c1-8(2)5-12(13(20)21)19-7-9-3-4-11(15)10(6-9)14(16,17)18/h3-4,6,8,12,19H,5,7H2,1-2H3,(H,20,21)/t12-/m0/s1. The molecule has 0 aliphatic rings. The molecule has 1 aromatic rings. The first-order chi connectivity index (χ1) is 9.61. The number of carbonyl (C=O) groups is 1. The van der Waals surface area contributed by atoms with Gasteiger partial charge in [-0.15, -0.1) is 0 Å². The molecule has 1 atom stereocenters. The molecule has 0 bridgehead atoms. The molecule has 3 nitrogen and oxygen atoms in total. The van der Waals surface area contributed by atoms with E-state index in [1.165, 1.54) is 12.1 Å². The summed E-state index contributed by atoms with van der Waals surface area (Å²) in [5.41, 5.74) is -0.582. The van der Waals surface area contributed by atoms with Crippen LogP contribution in [-0.4, -0.2) is 17.1 Å². The molecule has 1 rings (SSSR count). The van der Waals surface area contributed by atoms with Gasteiger partial charge in [0.1, 0.15) is 6.04 Å². The molecule has 0 unspecified atom stereocenters. The van der Waals surface area contributed by atoms with Gasteiger partial charge in [0.25, 0.3) is 0 Å². The predicted octanol–water partition coefficient (Wildman–Crippen LogP) is 3.95. The molecular formula is C14H17ClF3NO2. The minimum absolute atomic E-state index is 0.0317. The topological polar surface area (TPSA) is 49.3 Å². The molecular weight excluding hydrogens is 307 g/mol. The Kier molecular flexibility index (Phi) is 6.04. The Balaban J connectivity index is 2.81. The molecule has 0 aliphatic carbocycles. The van der Waals surface area contributed by atoms with E-state index in [1.54, 1.807) is 0 Å². The summed E-state index contributed by atoms with van der Waals surface area (Å²) < 4.78 is 38.2. The van der Waals surface area contributed by atoms with Crippen LogP contribution in [0.5, 0.6) is 0 Å². The lowest BCUT2D eigenvalue weighted by Crippen LogP contribution is -2.37. The first kappa shape index (κ1) is 17.8. The lowest BCUT2D eigenvalue weighted by molar-refractivity contribution is -0.140. The Morgan fingerprint density at radius 2 is 2.00 bits per heavy atom. The molecule has 21 heavy (non-hydrogen) atoms. The third kappa shape index (κ3) is 5.55. The number of hydrogen-bond acceptors (Lipinski definition) is 2. The Bertz CT molecular complexity index is 503. The van der Waals surface area contributed by atoms with Crippen molar-refractivity contribution >= 4 is 17.6 Å². The maximum absolute atomic E-state index is 12.7. The Hall–Kier alpha value is -1.27. The minimum Gasteiger partial charge on any atom is -0.480 e. The van der Waals surface area contributed by atoms with Gasteiger partial charge in [-0.1, -0.05) is 31.5 Å². The smallest absolute Gasteiger partial charge is 0.417 e. The number of nitrogens with one attached hydrogen (secondary N) is 1. The minimum atomic E-state index is -4.53. The van der Waals surface area contributed by atoms with Gasteiger partial charge >= 0.3 is 12.1 Å². The summed E-state index contributed by atoms with van der Waals surface area (Å²) in [7, 11) is 0. The normalized spacial score (nSPS) is 13.5. The molecule has 0 amide bonds. The van der Waals surface area contributed by atoms with Crippen LogP contribution >= 0.6 is 11.6 Å². The van der Waals surface area contributed by atoms with E-state index in [4.69, 9.17) is 16.7 Å². The molecule has 0 fully saturated rings. The molecule has 0 radical (unpaired) electrons. The van der Waals surface area contributed by atoms with Crippen LogP contribution in [0.1, 0.15) is 31.4 Å². The summed E-state index contributed by atoms with van der Waals surface area (Å²) in [6.45, 7) is 3.78. The zero-order valence-electron chi connectivity index (χ0n) is 11.7. The summed E-state index contributed by atoms with van der Waals surface area (Å²) in [6, 6.07) is 2.75. The fourth-order valence-electron chi connectivity index (χ4n) is 1.88. The van der Waals surface area contributed by atoms with Gasteiger partial charge in [0, 0.05) is 6.54 Å². The second-order valence-corrected chi connectivity index (χ2v) is 5.62. The largest absolute Gasteiger partial charge is 0.480 e. The van der Waals surface area contributed by atoms with Crippen LogP contribution in [-0.2, 0) is 17.5 Å². The summed E-state index contributed by atoms with van der Waals surface area (Å²) in [6.07, 6.45) is -4.13. The van der Waals surface area contributed by atoms with E-state index >= 15 is 0 Å². The number of carboxylic acid groups (broad SMARTS) is 1. The molecule has 1 aromatic carbocycles. The van der Waals surface area contributed by atoms with E-state index in [0.29, 0.717) is 12.0 Å². The first-order valence-corrected chi connectivity index (χ1v) is 6.81. The van der Waals surface area contributed by atoms with Crippen LogP contribution in [0.15, 0.2) is 18.2 Å². The highest BCUT2D eigenvalue weighted by Crippen LogP contribution is 2.35. The number of halogens is 4. The van der Waals surface area contributed by atoms with Crippen molar-refractivity contribution in [2.45, 2.75) is 39.0 Å². The summed E-state index contributed by atoms with van der Waals surface area (Å²) in [5, 5.41) is 11.4. The monoisotopic (exact) mass is 323 g/mol. The van der Waals surface area contributed by atoms with Crippen LogP contribution in [0.3, 0.4) is 0 Å². The molecule has 118 valence electrons. The third-order valence-electron chi connectivity index (χ3n) is 2.89. The number of hydrogen-bond donors (Lipinski definition) is 2. The fraction of sp³-hybridized carbons (Fsp3) is 0.500. The summed E-state index contributed by atoms with van der Waals surface area (Å²) >= 11 is 5.53. The second kappa shape index (κ2) is 7.13. The average molecular weight is 324 g/mol. The van der Waals surface area contributed by atoms with E-state index in [1.807, 2.05) is 13.8 Å². The van der Waals surface area contributed by atoms with Gasteiger partial charge in [-0.25, -0.2) is 0 Å². The van der Waals surface area contributed by atoms with Gasteiger partial charge in [-0.2, -0.15) is 13.2 Å². The quantitative estimate of drug-likeness (QED) is 0.833. The lowest BCUT2D eigenvalue weighted by Gasteiger charge is -2.17. The zero-order chi connectivity index (χ0) is 16.2. The number of benzene rings is 1. The van der Waals surface area contributed by atoms with Crippen LogP contribution in [0.25, 0.3) is 0 Å². The maximum Gasteiger partial charge on any atom is 0.417 e. The van der Waals surface area contributed by atoms with E-state index in [9.17, 15) is 18.0 Å². The van der Waals surface area contributed by atoms with E-state index in [2.05, 4.69) is 5.32 Å². The van der Waals surface area contributed by atoms with Crippen LogP contribution in [0.2, 0.25) is 5.02 Å². The van der Waals surface area contributed by atoms with Crippen molar-refractivity contribution in [3.05, 3.63) is 34.3 Å². The van der Waals surface area contributed by atoms with Crippen LogP contribution < -0.4 is 5.32 Å². The van der Waals surface area contributed by atoms with Gasteiger partial charge in [-0.3, -0.25) is 4.79 Å². The zero-order valence-corrected chi connectivity index (χ0v) is 12.4. The molecule has 0 aromatic heterocycles. The predicted molar refractivity (Wildman–Crippen MR) is 74.2 cm³/mol. The van der Waals surface area contributed by atoms with Crippen molar-refractivity contribution < 1.29 is 23.1 Å². The highest BCUT2D eigenvalue weighted by molar-refractivity contribution is 6.31. The third-order valence-corrected chi connectivity index (χ3v) is 3.22. The van der Waals surface area contributed by atoms with Crippen molar-refractivity contribution in [1.82, 2.24) is 5.32 Å². The van der Waals surface area contributed by atoms with Crippen LogP contribution in [0.4, 0.5) is 13.2 Å². The molecule has 2 N–H and O–H groups in total. The molecule has 0 spiro atoms. The molecule has 7 heteroatoms. The molecule has 0 heterocycles. The van der Waals surface area contributed by atoms with Gasteiger partial charge < -0.3 is 10.4 Å². The Labute approximate surface area is 126 Å². The Morgan fingerprint density at radius 3 is 2.48 bits per heavy atom. The van der Waals surface area contributed by atoms with Crippen molar-refractivity contribution in [3.8, 4) is 0 Å². The van der Waals surface area contributed by atoms with Crippen molar-refractivity contribution in [2.24, 2.45) is 5.92 Å². The van der Waals surface area contributed by atoms with Gasteiger partial charge in [0.15, 0.2) is 0 Å². The molecule has 0 saturated carbocycles. The van der Waals surface area contributed by atoms with Crippen molar-refractivity contribution in [1.29, 1.82) is 0 Å². The van der Waals surface area contributed by atoms with Gasteiger partial charge in [0.05, 0.1) is 10.6 Å². The average Bonchev–Trinajstić information content (AvgIpc) is 2.33. The van der Waals surface area contributed by atoms with Crippen molar-refractivity contribution in [2.75, 3.05) is 0 Å². The lowest BCUT2D eigenvalue weighted by atomic mass is 10.0.